The van der Waals surface area contributed by atoms with E-state index in [1.54, 1.807) is 19.3 Å². The molecule has 0 aliphatic heterocycles. The summed E-state index contributed by atoms with van der Waals surface area (Å²) in [5.41, 5.74) is 6.62. The third-order valence-corrected chi connectivity index (χ3v) is 4.53. The van der Waals surface area contributed by atoms with Gasteiger partial charge in [0.15, 0.2) is 17.3 Å². The Morgan fingerprint density at radius 1 is 1.35 bits per heavy atom. The molecule has 1 aliphatic carbocycles. The molecule has 0 saturated heterocycles. The predicted molar refractivity (Wildman–Crippen MR) is 104 cm³/mol. The van der Waals surface area contributed by atoms with Crippen LogP contribution >= 0.6 is 24.0 Å². The lowest BCUT2D eigenvalue weighted by Crippen LogP contribution is -2.44. The normalized spacial score (nSPS) is 15.4. The SMILES string of the molecule is CCCOc1c(Cl)cc(/C=C/c2nc(C3(N)CCC3)no2)cc1OC.Cl. The number of nitrogens with zero attached hydrogens (tertiary/aromatic N) is 2. The molecule has 1 fully saturated rings. The molecule has 3 rings (SSSR count). The van der Waals surface area contributed by atoms with E-state index in [1.165, 1.54) is 0 Å². The molecule has 2 N–H and O–H groups in total. The number of aromatic nitrogens is 2. The highest BCUT2D eigenvalue weighted by atomic mass is 35.5. The fraction of sp³-hybridized carbons (Fsp3) is 0.444. The van der Waals surface area contributed by atoms with Crippen molar-refractivity contribution in [3.63, 3.8) is 0 Å². The first-order valence-corrected chi connectivity index (χ1v) is 8.75. The van der Waals surface area contributed by atoms with Crippen LogP contribution in [0.25, 0.3) is 12.2 Å². The number of nitrogens with two attached hydrogens (primary N) is 1. The molecule has 1 aliphatic rings. The van der Waals surface area contributed by atoms with E-state index >= 15 is 0 Å². The molecule has 1 saturated carbocycles. The maximum atomic E-state index is 6.31. The number of ether oxygens (including phenoxy) is 2. The summed E-state index contributed by atoms with van der Waals surface area (Å²) in [5.74, 6) is 2.12. The van der Waals surface area contributed by atoms with Crippen molar-refractivity contribution >= 4 is 36.2 Å². The second kappa shape index (κ2) is 8.75. The van der Waals surface area contributed by atoms with Crippen LogP contribution in [0.1, 0.15) is 49.9 Å². The Kier molecular flexibility index (Phi) is 6.92. The second-order valence-electron chi connectivity index (χ2n) is 6.18. The molecule has 1 heterocycles. The van der Waals surface area contributed by atoms with E-state index in [2.05, 4.69) is 10.1 Å². The van der Waals surface area contributed by atoms with Crippen LogP contribution in [0.4, 0.5) is 0 Å². The zero-order chi connectivity index (χ0) is 17.9. The Hall–Kier alpha value is -1.76. The van der Waals surface area contributed by atoms with Crippen LogP contribution in [-0.4, -0.2) is 23.9 Å². The molecule has 1 aromatic carbocycles. The summed E-state index contributed by atoms with van der Waals surface area (Å²) in [4.78, 5) is 4.36. The minimum Gasteiger partial charge on any atom is -0.493 e. The monoisotopic (exact) mass is 399 g/mol. The molecular formula is C18H23Cl2N3O3. The third kappa shape index (κ3) is 4.31. The number of hydrogen-bond donors (Lipinski definition) is 1. The van der Waals surface area contributed by atoms with Gasteiger partial charge in [-0.15, -0.1) is 12.4 Å². The van der Waals surface area contributed by atoms with Gasteiger partial charge in [-0.3, -0.25) is 0 Å². The average molecular weight is 400 g/mol. The summed E-state index contributed by atoms with van der Waals surface area (Å²) in [5, 5.41) is 4.48. The van der Waals surface area contributed by atoms with E-state index in [0.29, 0.717) is 34.8 Å². The maximum Gasteiger partial charge on any atom is 0.250 e. The van der Waals surface area contributed by atoms with E-state index < -0.39 is 5.54 Å². The molecule has 6 nitrogen and oxygen atoms in total. The van der Waals surface area contributed by atoms with Gasteiger partial charge in [-0.05, 0) is 49.5 Å². The number of methoxy groups -OCH3 is 1. The molecule has 8 heteroatoms. The van der Waals surface area contributed by atoms with Gasteiger partial charge in [0.2, 0.25) is 0 Å². The molecule has 142 valence electrons. The fourth-order valence-electron chi connectivity index (χ4n) is 2.63. The van der Waals surface area contributed by atoms with Crippen LogP contribution in [0.5, 0.6) is 11.5 Å². The van der Waals surface area contributed by atoms with Crippen molar-refractivity contribution in [1.82, 2.24) is 10.1 Å². The van der Waals surface area contributed by atoms with Gasteiger partial charge in [-0.2, -0.15) is 4.98 Å². The molecule has 0 bridgehead atoms. The zero-order valence-corrected chi connectivity index (χ0v) is 16.4. The molecule has 0 unspecified atom stereocenters. The summed E-state index contributed by atoms with van der Waals surface area (Å²) in [7, 11) is 1.58. The van der Waals surface area contributed by atoms with Crippen LogP contribution in [0.3, 0.4) is 0 Å². The van der Waals surface area contributed by atoms with Crippen molar-refractivity contribution < 1.29 is 14.0 Å². The minimum absolute atomic E-state index is 0. The van der Waals surface area contributed by atoms with E-state index in [4.69, 9.17) is 31.3 Å². The molecule has 0 atom stereocenters. The smallest absolute Gasteiger partial charge is 0.250 e. The first-order valence-electron chi connectivity index (χ1n) is 8.37. The summed E-state index contributed by atoms with van der Waals surface area (Å²) in [6, 6.07) is 3.65. The molecule has 0 spiro atoms. The van der Waals surface area contributed by atoms with Crippen LogP contribution < -0.4 is 15.2 Å². The predicted octanol–water partition coefficient (Wildman–Crippen LogP) is 4.45. The highest BCUT2D eigenvalue weighted by Crippen LogP contribution is 2.38. The van der Waals surface area contributed by atoms with Gasteiger partial charge >= 0.3 is 0 Å². The average Bonchev–Trinajstić information content (AvgIpc) is 3.05. The zero-order valence-electron chi connectivity index (χ0n) is 14.8. The molecule has 1 aromatic heterocycles. The van der Waals surface area contributed by atoms with Gasteiger partial charge in [0.05, 0.1) is 24.3 Å². The summed E-state index contributed by atoms with van der Waals surface area (Å²) in [6.07, 6.45) is 7.34. The quantitative estimate of drug-likeness (QED) is 0.739. The largest absolute Gasteiger partial charge is 0.493 e. The number of hydrogen-bond acceptors (Lipinski definition) is 6. The maximum absolute atomic E-state index is 6.31. The molecule has 26 heavy (non-hydrogen) atoms. The first kappa shape index (κ1) is 20.6. The highest BCUT2D eigenvalue weighted by molar-refractivity contribution is 6.32. The van der Waals surface area contributed by atoms with Crippen molar-refractivity contribution in [2.75, 3.05) is 13.7 Å². The number of halogens is 2. The fourth-order valence-corrected chi connectivity index (χ4v) is 2.91. The van der Waals surface area contributed by atoms with Crippen molar-refractivity contribution in [1.29, 1.82) is 0 Å². The Morgan fingerprint density at radius 2 is 2.12 bits per heavy atom. The lowest BCUT2D eigenvalue weighted by Gasteiger charge is -2.34. The van der Waals surface area contributed by atoms with Gasteiger partial charge in [-0.25, -0.2) is 0 Å². The topological polar surface area (TPSA) is 83.4 Å². The summed E-state index contributed by atoms with van der Waals surface area (Å²) in [6.45, 7) is 2.61. The summed E-state index contributed by atoms with van der Waals surface area (Å²) >= 11 is 6.31. The van der Waals surface area contributed by atoms with E-state index in [-0.39, 0.29) is 12.4 Å². The number of benzene rings is 1. The van der Waals surface area contributed by atoms with E-state index in [1.807, 2.05) is 19.1 Å². The van der Waals surface area contributed by atoms with Gasteiger partial charge in [0, 0.05) is 6.08 Å². The van der Waals surface area contributed by atoms with Crippen LogP contribution in [0.2, 0.25) is 5.02 Å². The van der Waals surface area contributed by atoms with E-state index in [9.17, 15) is 0 Å². The first-order chi connectivity index (χ1) is 12.1. The number of rotatable bonds is 7. The third-order valence-electron chi connectivity index (χ3n) is 4.25. The minimum atomic E-state index is -0.430. The summed E-state index contributed by atoms with van der Waals surface area (Å²) < 4.78 is 16.3. The van der Waals surface area contributed by atoms with Crippen LogP contribution in [0.15, 0.2) is 16.7 Å². The Morgan fingerprint density at radius 3 is 2.73 bits per heavy atom. The van der Waals surface area contributed by atoms with Gasteiger partial charge < -0.3 is 19.7 Å². The standard InChI is InChI=1S/C18H22ClN3O3.ClH/c1-3-9-24-16-13(19)10-12(11-14(16)23-2)5-6-15-21-17(22-25-15)18(20)7-4-8-18;/h5-6,10-11H,3-4,7-9,20H2,1-2H3;1H/b6-5+;. The van der Waals surface area contributed by atoms with Crippen molar-refractivity contribution in [2.45, 2.75) is 38.1 Å². The van der Waals surface area contributed by atoms with Crippen LogP contribution in [-0.2, 0) is 5.54 Å². The molecule has 0 radical (unpaired) electrons. The molecule has 0 amide bonds. The van der Waals surface area contributed by atoms with E-state index in [0.717, 1.165) is 31.2 Å². The van der Waals surface area contributed by atoms with Crippen molar-refractivity contribution in [3.8, 4) is 11.5 Å². The van der Waals surface area contributed by atoms with Gasteiger partial charge in [0.25, 0.3) is 5.89 Å². The van der Waals surface area contributed by atoms with Crippen LogP contribution in [0, 0.1) is 0 Å². The lowest BCUT2D eigenvalue weighted by molar-refractivity contribution is 0.229. The Bertz CT molecular complexity index is 773. The molecule has 2 aromatic rings. The second-order valence-corrected chi connectivity index (χ2v) is 6.59. The van der Waals surface area contributed by atoms with Gasteiger partial charge in [0.1, 0.15) is 0 Å². The van der Waals surface area contributed by atoms with Gasteiger partial charge in [-0.1, -0.05) is 23.7 Å². The van der Waals surface area contributed by atoms with Crippen molar-refractivity contribution in [3.05, 3.63) is 34.4 Å². The van der Waals surface area contributed by atoms with Crippen molar-refractivity contribution in [2.24, 2.45) is 5.73 Å². The Balaban J connectivity index is 0.00000243. The molecular weight excluding hydrogens is 377 g/mol. The highest BCUT2D eigenvalue weighted by Gasteiger charge is 2.38. The lowest BCUT2D eigenvalue weighted by atomic mass is 9.77. The Labute approximate surface area is 164 Å².